The Bertz CT molecular complexity index is 1450. The maximum absolute atomic E-state index is 13.1. The van der Waals surface area contributed by atoms with Gasteiger partial charge in [0.05, 0.1) is 23.9 Å². The molecule has 3 rings (SSSR count). The highest BCUT2D eigenvalue weighted by Crippen LogP contribution is 2.37. The number of halogens is 1. The quantitative estimate of drug-likeness (QED) is 0.183. The van der Waals surface area contributed by atoms with Gasteiger partial charge in [0.15, 0.2) is 8.32 Å². The number of carbonyl (C=O) groups is 2. The van der Waals surface area contributed by atoms with Gasteiger partial charge in [-0.15, -0.1) is 0 Å². The third-order valence-corrected chi connectivity index (χ3v) is 12.6. The molecule has 0 radical (unpaired) electrons. The Morgan fingerprint density at radius 3 is 2.26 bits per heavy atom. The number of nitrogens with one attached hydrogen (secondary N) is 1. The number of rotatable bonds is 9. The molecule has 0 bridgehead atoms. The first-order chi connectivity index (χ1) is 19.9. The van der Waals surface area contributed by atoms with Crippen LogP contribution in [0.15, 0.2) is 54.7 Å². The van der Waals surface area contributed by atoms with Gasteiger partial charge in [0.1, 0.15) is 11.3 Å². The van der Waals surface area contributed by atoms with Gasteiger partial charge in [-0.1, -0.05) is 62.7 Å². The largest absolute Gasteiger partial charge is 0.444 e. The first-order valence-corrected chi connectivity index (χ1v) is 17.7. The molecule has 0 unspecified atom stereocenters. The molecule has 8 nitrogen and oxygen atoms in total. The van der Waals surface area contributed by atoms with Gasteiger partial charge in [0, 0.05) is 24.0 Å². The normalized spacial score (nSPS) is 12.1. The number of carbonyl (C=O) groups excluding carboxylic acids is 2. The van der Waals surface area contributed by atoms with Crippen molar-refractivity contribution in [1.82, 2.24) is 9.88 Å². The number of amides is 2. The fourth-order valence-corrected chi connectivity index (χ4v) is 5.33. The van der Waals surface area contributed by atoms with Crippen molar-refractivity contribution in [3.63, 3.8) is 0 Å². The van der Waals surface area contributed by atoms with E-state index in [1.54, 1.807) is 29.3 Å². The van der Waals surface area contributed by atoms with Crippen LogP contribution >= 0.6 is 11.6 Å². The molecule has 0 aliphatic heterocycles. The Kier molecular flexibility index (Phi) is 10.7. The molecule has 3 N–H and O–H groups in total. The van der Waals surface area contributed by atoms with Gasteiger partial charge in [-0.05, 0) is 80.7 Å². The number of pyridine rings is 1. The Morgan fingerprint density at radius 1 is 1.00 bits per heavy atom. The van der Waals surface area contributed by atoms with Crippen molar-refractivity contribution in [3.05, 3.63) is 76.6 Å². The number of nitrogens with zero attached hydrogens (tertiary/aromatic N) is 2. The Labute approximate surface area is 262 Å². The van der Waals surface area contributed by atoms with Gasteiger partial charge in [-0.2, -0.15) is 0 Å². The molecular weight excluding hydrogens is 580 g/mol. The number of aromatic nitrogens is 1. The zero-order valence-corrected chi connectivity index (χ0v) is 28.6. The third kappa shape index (κ3) is 9.05. The minimum absolute atomic E-state index is 0.0620. The maximum Gasteiger partial charge on any atom is 0.410 e. The molecule has 0 aliphatic carbocycles. The summed E-state index contributed by atoms with van der Waals surface area (Å²) in [7, 11) is -1.98. The zero-order chi connectivity index (χ0) is 32.2. The molecule has 43 heavy (non-hydrogen) atoms. The van der Waals surface area contributed by atoms with Crippen LogP contribution in [0.2, 0.25) is 23.2 Å². The maximum atomic E-state index is 13.1. The average Bonchev–Trinajstić information content (AvgIpc) is 2.89. The van der Waals surface area contributed by atoms with Crippen LogP contribution in [0.3, 0.4) is 0 Å². The van der Waals surface area contributed by atoms with Crippen LogP contribution in [0.25, 0.3) is 11.1 Å². The van der Waals surface area contributed by atoms with Crippen molar-refractivity contribution in [2.24, 2.45) is 0 Å². The SMILES string of the molecule is Cc1c(NC(=O)c2ccc(CN(CCO[Si](C)(C)C(C)(C)C)C(=O)OC(C)(C)C)cn2)cccc1-c1cccc(N)c1Cl. The minimum Gasteiger partial charge on any atom is -0.444 e. The van der Waals surface area contributed by atoms with Gasteiger partial charge in [0.25, 0.3) is 5.91 Å². The first-order valence-electron chi connectivity index (χ1n) is 14.4. The van der Waals surface area contributed by atoms with E-state index >= 15 is 0 Å². The second-order valence-corrected chi connectivity index (χ2v) is 18.4. The molecule has 0 spiro atoms. The molecule has 0 saturated carbocycles. The summed E-state index contributed by atoms with van der Waals surface area (Å²) in [5.74, 6) is -0.350. The smallest absolute Gasteiger partial charge is 0.410 e. The van der Waals surface area contributed by atoms with E-state index in [9.17, 15) is 9.59 Å². The summed E-state index contributed by atoms with van der Waals surface area (Å²) in [5, 5.41) is 3.49. The Morgan fingerprint density at radius 2 is 1.65 bits per heavy atom. The monoisotopic (exact) mass is 624 g/mol. The summed E-state index contributed by atoms with van der Waals surface area (Å²) in [4.78, 5) is 32.2. The van der Waals surface area contributed by atoms with Crippen molar-refractivity contribution < 1.29 is 18.8 Å². The number of nitrogen functional groups attached to an aromatic ring is 1. The predicted octanol–water partition coefficient (Wildman–Crippen LogP) is 8.30. The molecule has 1 aromatic heterocycles. The van der Waals surface area contributed by atoms with E-state index < -0.39 is 20.0 Å². The average molecular weight is 625 g/mol. The van der Waals surface area contributed by atoms with Crippen molar-refractivity contribution in [3.8, 4) is 11.1 Å². The van der Waals surface area contributed by atoms with E-state index in [4.69, 9.17) is 26.5 Å². The van der Waals surface area contributed by atoms with Crippen LogP contribution in [0, 0.1) is 6.92 Å². The van der Waals surface area contributed by atoms with Crippen LogP contribution < -0.4 is 11.1 Å². The van der Waals surface area contributed by atoms with Crippen LogP contribution in [-0.4, -0.2) is 49.0 Å². The van der Waals surface area contributed by atoms with E-state index in [2.05, 4.69) is 44.2 Å². The molecule has 0 aliphatic rings. The second kappa shape index (κ2) is 13.5. The highest BCUT2D eigenvalue weighted by atomic mass is 35.5. The lowest BCUT2D eigenvalue weighted by molar-refractivity contribution is 0.0205. The molecule has 0 saturated heterocycles. The predicted molar refractivity (Wildman–Crippen MR) is 178 cm³/mol. The molecule has 1 heterocycles. The lowest BCUT2D eigenvalue weighted by Gasteiger charge is -2.37. The van der Waals surface area contributed by atoms with Crippen LogP contribution in [0.1, 0.15) is 63.2 Å². The Balaban J connectivity index is 1.73. The fraction of sp³-hybridized carbons (Fsp3) is 0.424. The lowest BCUT2D eigenvalue weighted by atomic mass is 9.98. The molecule has 0 atom stereocenters. The van der Waals surface area contributed by atoms with Crippen LogP contribution in [-0.2, 0) is 15.7 Å². The molecule has 2 aromatic carbocycles. The second-order valence-electron chi connectivity index (χ2n) is 13.2. The molecular formula is C33H45ClN4O4Si. The van der Waals surface area contributed by atoms with Gasteiger partial charge in [0.2, 0.25) is 0 Å². The van der Waals surface area contributed by atoms with Crippen molar-refractivity contribution in [2.75, 3.05) is 24.2 Å². The van der Waals surface area contributed by atoms with E-state index in [1.807, 2.05) is 58.0 Å². The van der Waals surface area contributed by atoms with Gasteiger partial charge >= 0.3 is 6.09 Å². The van der Waals surface area contributed by atoms with Gasteiger partial charge in [-0.3, -0.25) is 9.78 Å². The summed E-state index contributed by atoms with van der Waals surface area (Å²) < 4.78 is 12.0. The van der Waals surface area contributed by atoms with E-state index in [-0.39, 0.29) is 23.2 Å². The zero-order valence-electron chi connectivity index (χ0n) is 26.8. The fourth-order valence-electron chi connectivity index (χ4n) is 4.07. The van der Waals surface area contributed by atoms with Crippen molar-refractivity contribution in [2.45, 2.75) is 78.7 Å². The molecule has 232 valence electrons. The third-order valence-electron chi connectivity index (χ3n) is 7.61. The molecule has 3 aromatic rings. The summed E-state index contributed by atoms with van der Waals surface area (Å²) >= 11 is 6.46. The first kappa shape index (κ1) is 34.1. The standard InChI is InChI=1S/C33H45ClN4O4Si/c1-22-24(25-13-10-14-26(35)29(25)34)12-11-15-27(22)37-30(39)28-17-16-23(20-36-28)21-38(31(40)42-32(2,3)4)18-19-41-43(8,9)33(5,6)7/h10-17,20H,18-19,21,35H2,1-9H3,(H,37,39). The minimum atomic E-state index is -1.98. The van der Waals surface area contributed by atoms with Gasteiger partial charge < -0.3 is 25.1 Å². The summed E-state index contributed by atoms with van der Waals surface area (Å²) in [6.07, 6.45) is 1.18. The van der Waals surface area contributed by atoms with E-state index in [0.717, 1.165) is 22.3 Å². The van der Waals surface area contributed by atoms with Gasteiger partial charge in [-0.25, -0.2) is 4.79 Å². The number of ether oxygens (including phenoxy) is 1. The van der Waals surface area contributed by atoms with E-state index in [1.165, 1.54) is 0 Å². The number of nitrogens with two attached hydrogens (primary N) is 1. The summed E-state index contributed by atoms with van der Waals surface area (Å²) in [5.41, 5.74) is 10.0. The summed E-state index contributed by atoms with van der Waals surface area (Å²) in [6, 6.07) is 14.6. The van der Waals surface area contributed by atoms with Crippen molar-refractivity contribution >= 4 is 43.3 Å². The number of hydrogen-bond acceptors (Lipinski definition) is 6. The highest BCUT2D eigenvalue weighted by Gasteiger charge is 2.37. The highest BCUT2D eigenvalue weighted by molar-refractivity contribution is 6.74. The Hall–Kier alpha value is -3.40. The van der Waals surface area contributed by atoms with Crippen LogP contribution in [0.4, 0.5) is 16.2 Å². The lowest BCUT2D eigenvalue weighted by Crippen LogP contribution is -2.44. The van der Waals surface area contributed by atoms with Crippen molar-refractivity contribution in [1.29, 1.82) is 0 Å². The molecule has 0 fully saturated rings. The molecule has 10 heteroatoms. The summed E-state index contributed by atoms with van der Waals surface area (Å²) in [6.45, 7) is 19.4. The number of hydrogen-bond donors (Lipinski definition) is 2. The molecule has 2 amide bonds. The topological polar surface area (TPSA) is 107 Å². The van der Waals surface area contributed by atoms with E-state index in [0.29, 0.717) is 29.5 Å². The number of anilines is 2. The van der Waals surface area contributed by atoms with Crippen LogP contribution in [0.5, 0.6) is 0 Å². The number of benzene rings is 2.